The quantitative estimate of drug-likeness (QED) is 0.729. The van der Waals surface area contributed by atoms with Gasteiger partial charge in [-0.1, -0.05) is 18.2 Å². The number of hydrogen-bond donors (Lipinski definition) is 1. The summed E-state index contributed by atoms with van der Waals surface area (Å²) >= 11 is 1.47. The predicted molar refractivity (Wildman–Crippen MR) is 97.9 cm³/mol. The first-order valence-corrected chi connectivity index (χ1v) is 8.64. The molecule has 0 atom stereocenters. The Bertz CT molecular complexity index is 1030. The fourth-order valence-electron chi connectivity index (χ4n) is 2.93. The van der Waals surface area contributed by atoms with Gasteiger partial charge in [-0.15, -0.1) is 11.3 Å². The molecule has 1 aliphatic rings. The summed E-state index contributed by atoms with van der Waals surface area (Å²) in [5.41, 5.74) is 4.36. The topological polar surface area (TPSA) is 62.1 Å². The van der Waals surface area contributed by atoms with Crippen LogP contribution in [0.15, 0.2) is 48.5 Å². The minimum atomic E-state index is -0.176. The summed E-state index contributed by atoms with van der Waals surface area (Å²) in [6.07, 6.45) is 0. The van der Waals surface area contributed by atoms with E-state index in [0.29, 0.717) is 22.7 Å². The first-order chi connectivity index (χ1) is 12.2. The lowest BCUT2D eigenvalue weighted by Crippen LogP contribution is -2.10. The van der Waals surface area contributed by atoms with Gasteiger partial charge in [0.2, 0.25) is 0 Å². The summed E-state index contributed by atoms with van der Waals surface area (Å²) in [7, 11) is 0. The molecule has 0 radical (unpaired) electrons. The zero-order valence-electron chi connectivity index (χ0n) is 13.5. The van der Waals surface area contributed by atoms with Gasteiger partial charge in [0.15, 0.2) is 0 Å². The highest BCUT2D eigenvalue weighted by Crippen LogP contribution is 2.44. The van der Waals surface area contributed by atoms with Crippen molar-refractivity contribution >= 4 is 22.9 Å². The Kier molecular flexibility index (Phi) is 3.75. The van der Waals surface area contributed by atoms with Gasteiger partial charge in [0, 0.05) is 21.7 Å². The minimum absolute atomic E-state index is 0.176. The Morgan fingerprint density at radius 2 is 2.08 bits per heavy atom. The van der Waals surface area contributed by atoms with Crippen LogP contribution in [0, 0.1) is 18.3 Å². The van der Waals surface area contributed by atoms with Crippen molar-refractivity contribution in [3.05, 3.63) is 70.1 Å². The number of nitriles is 1. The molecule has 2 heterocycles. The summed E-state index contributed by atoms with van der Waals surface area (Å²) in [5.74, 6) is 0.688. The van der Waals surface area contributed by atoms with Gasteiger partial charge in [-0.2, -0.15) is 5.26 Å². The molecule has 122 valence electrons. The number of hydrogen-bond acceptors (Lipinski definition) is 4. The van der Waals surface area contributed by atoms with Crippen LogP contribution in [0.4, 0.5) is 5.69 Å². The number of anilines is 1. The van der Waals surface area contributed by atoms with E-state index in [1.807, 2.05) is 31.2 Å². The Morgan fingerprint density at radius 3 is 2.92 bits per heavy atom. The van der Waals surface area contributed by atoms with Crippen LogP contribution in [-0.4, -0.2) is 5.91 Å². The van der Waals surface area contributed by atoms with Gasteiger partial charge in [-0.05, 0) is 42.8 Å². The highest BCUT2D eigenvalue weighted by molar-refractivity contribution is 7.17. The highest BCUT2D eigenvalue weighted by atomic mass is 32.1. The molecule has 1 aliphatic heterocycles. The SMILES string of the molecule is Cc1cccc2c1-c1sc(C(=O)Nc3cccc(C#N)c3)cc1CO2. The Hall–Kier alpha value is -3.10. The van der Waals surface area contributed by atoms with Crippen LogP contribution < -0.4 is 10.1 Å². The fraction of sp³-hybridized carbons (Fsp3) is 0.100. The lowest BCUT2D eigenvalue weighted by atomic mass is 10.0. The number of ether oxygens (including phenoxy) is 1. The maximum atomic E-state index is 12.6. The van der Waals surface area contributed by atoms with Gasteiger partial charge >= 0.3 is 0 Å². The van der Waals surface area contributed by atoms with Crippen LogP contribution in [0.1, 0.15) is 26.4 Å². The van der Waals surface area contributed by atoms with E-state index in [1.165, 1.54) is 11.3 Å². The molecule has 0 saturated carbocycles. The summed E-state index contributed by atoms with van der Waals surface area (Å²) < 4.78 is 5.81. The number of thiophene rings is 1. The fourth-order valence-corrected chi connectivity index (χ4v) is 4.10. The molecule has 4 nitrogen and oxygen atoms in total. The molecule has 25 heavy (non-hydrogen) atoms. The average molecular weight is 346 g/mol. The molecule has 0 fully saturated rings. The molecular formula is C20H14N2O2S. The van der Waals surface area contributed by atoms with Crippen molar-refractivity contribution < 1.29 is 9.53 Å². The third kappa shape index (κ3) is 2.77. The molecule has 5 heteroatoms. The van der Waals surface area contributed by atoms with E-state index in [-0.39, 0.29) is 5.91 Å². The smallest absolute Gasteiger partial charge is 0.265 e. The van der Waals surface area contributed by atoms with Crippen LogP contribution in [0.5, 0.6) is 5.75 Å². The number of benzene rings is 2. The third-order valence-electron chi connectivity index (χ3n) is 4.13. The average Bonchev–Trinajstić information content (AvgIpc) is 3.06. The second kappa shape index (κ2) is 6.08. The normalized spacial score (nSPS) is 11.7. The molecule has 4 rings (SSSR count). The highest BCUT2D eigenvalue weighted by Gasteiger charge is 2.24. The number of nitrogens with one attached hydrogen (secondary N) is 1. The summed E-state index contributed by atoms with van der Waals surface area (Å²) in [4.78, 5) is 14.3. The van der Waals surface area contributed by atoms with Crippen molar-refractivity contribution in [3.63, 3.8) is 0 Å². The largest absolute Gasteiger partial charge is 0.488 e. The first kappa shape index (κ1) is 15.4. The van der Waals surface area contributed by atoms with Crippen molar-refractivity contribution in [1.82, 2.24) is 0 Å². The first-order valence-electron chi connectivity index (χ1n) is 7.83. The Morgan fingerprint density at radius 1 is 1.24 bits per heavy atom. The molecule has 0 spiro atoms. The molecule has 1 amide bonds. The molecule has 1 aromatic heterocycles. The second-order valence-corrected chi connectivity index (χ2v) is 6.90. The van der Waals surface area contributed by atoms with Gasteiger partial charge in [-0.3, -0.25) is 4.79 Å². The van der Waals surface area contributed by atoms with E-state index >= 15 is 0 Å². The van der Waals surface area contributed by atoms with Crippen LogP contribution in [0.2, 0.25) is 0 Å². The summed E-state index contributed by atoms with van der Waals surface area (Å²) in [6.45, 7) is 2.52. The minimum Gasteiger partial charge on any atom is -0.488 e. The molecule has 0 bridgehead atoms. The van der Waals surface area contributed by atoms with Gasteiger partial charge in [0.05, 0.1) is 16.5 Å². The maximum Gasteiger partial charge on any atom is 0.265 e. The van der Waals surface area contributed by atoms with Crippen LogP contribution in [0.3, 0.4) is 0 Å². The zero-order valence-corrected chi connectivity index (χ0v) is 14.3. The van der Waals surface area contributed by atoms with Crippen molar-refractivity contribution in [1.29, 1.82) is 5.26 Å². The van der Waals surface area contributed by atoms with Crippen LogP contribution >= 0.6 is 11.3 Å². The van der Waals surface area contributed by atoms with E-state index < -0.39 is 0 Å². The molecular weight excluding hydrogens is 332 g/mol. The molecule has 2 aromatic carbocycles. The van der Waals surface area contributed by atoms with Crippen molar-refractivity contribution in [2.24, 2.45) is 0 Å². The van der Waals surface area contributed by atoms with Crippen molar-refractivity contribution in [3.8, 4) is 22.3 Å². The van der Waals surface area contributed by atoms with Crippen LogP contribution in [-0.2, 0) is 6.61 Å². The number of fused-ring (bicyclic) bond motifs is 3. The number of rotatable bonds is 2. The molecule has 0 aliphatic carbocycles. The summed E-state index contributed by atoms with van der Waals surface area (Å²) in [5, 5.41) is 11.8. The van der Waals surface area contributed by atoms with Gasteiger partial charge in [0.25, 0.3) is 5.91 Å². The zero-order chi connectivity index (χ0) is 17.4. The third-order valence-corrected chi connectivity index (χ3v) is 5.32. The van der Waals surface area contributed by atoms with E-state index in [4.69, 9.17) is 10.00 Å². The number of amides is 1. The lowest BCUT2D eigenvalue weighted by molar-refractivity contribution is 0.103. The van der Waals surface area contributed by atoms with E-state index in [2.05, 4.69) is 11.4 Å². The van der Waals surface area contributed by atoms with Gasteiger partial charge in [0.1, 0.15) is 12.4 Å². The van der Waals surface area contributed by atoms with E-state index in [1.54, 1.807) is 24.3 Å². The number of nitrogens with zero attached hydrogens (tertiary/aromatic N) is 1. The number of aryl methyl sites for hydroxylation is 1. The summed E-state index contributed by atoms with van der Waals surface area (Å²) in [6, 6.07) is 16.8. The molecule has 0 saturated heterocycles. The van der Waals surface area contributed by atoms with Gasteiger partial charge < -0.3 is 10.1 Å². The van der Waals surface area contributed by atoms with E-state index in [9.17, 15) is 4.79 Å². The predicted octanol–water partition coefficient (Wildman–Crippen LogP) is 4.74. The molecule has 0 unspecified atom stereocenters. The van der Waals surface area contributed by atoms with Crippen molar-refractivity contribution in [2.45, 2.75) is 13.5 Å². The molecule has 1 N–H and O–H groups in total. The van der Waals surface area contributed by atoms with E-state index in [0.717, 1.165) is 27.3 Å². The maximum absolute atomic E-state index is 12.6. The van der Waals surface area contributed by atoms with Gasteiger partial charge in [-0.25, -0.2) is 0 Å². The Balaban J connectivity index is 1.66. The second-order valence-electron chi connectivity index (χ2n) is 5.85. The Labute approximate surface area is 149 Å². The monoisotopic (exact) mass is 346 g/mol. The number of carbonyl (C=O) groups excluding carboxylic acids is 1. The lowest BCUT2D eigenvalue weighted by Gasteiger charge is -2.19. The van der Waals surface area contributed by atoms with Crippen LogP contribution in [0.25, 0.3) is 10.4 Å². The number of carbonyl (C=O) groups is 1. The standard InChI is InChI=1S/C20H14N2O2S/c1-12-4-2-7-16-18(12)19-14(11-24-16)9-17(25-19)20(23)22-15-6-3-5-13(8-15)10-21/h2-9H,11H2,1H3,(H,22,23). The van der Waals surface area contributed by atoms with Crippen molar-refractivity contribution in [2.75, 3.05) is 5.32 Å². The molecule has 3 aromatic rings.